The van der Waals surface area contributed by atoms with E-state index in [1.54, 1.807) is 7.11 Å². The number of nitrogens with one attached hydrogen (secondary N) is 1. The minimum Gasteiger partial charge on any atom is -0.494 e. The zero-order valence-corrected chi connectivity index (χ0v) is 14.9. The van der Waals surface area contributed by atoms with E-state index in [1.807, 2.05) is 0 Å². The lowest BCUT2D eigenvalue weighted by molar-refractivity contribution is 0.121. The normalized spacial score (nSPS) is 17.1. The number of hydrogen-bond acceptors (Lipinski definition) is 5. The van der Waals surface area contributed by atoms with Crippen molar-refractivity contribution in [1.29, 1.82) is 0 Å². The van der Waals surface area contributed by atoms with Gasteiger partial charge in [-0.25, -0.2) is 17.5 Å². The highest BCUT2D eigenvalue weighted by Gasteiger charge is 2.22. The number of ether oxygens (including phenoxy) is 2. The largest absolute Gasteiger partial charge is 0.494 e. The third-order valence-electron chi connectivity index (χ3n) is 4.31. The van der Waals surface area contributed by atoms with Crippen LogP contribution in [0.5, 0.6) is 5.75 Å². The first kappa shape index (κ1) is 19.1. The molecule has 136 valence electrons. The summed E-state index contributed by atoms with van der Waals surface area (Å²) in [7, 11) is -0.693. The lowest BCUT2D eigenvalue weighted by Gasteiger charge is -2.31. The summed E-state index contributed by atoms with van der Waals surface area (Å²) in [6, 6.07) is 3.64. The van der Waals surface area contributed by atoms with Gasteiger partial charge in [0.15, 0.2) is 11.6 Å². The second kappa shape index (κ2) is 8.75. The van der Waals surface area contributed by atoms with Crippen LogP contribution in [0.1, 0.15) is 12.8 Å². The number of nitrogens with zero attached hydrogens (tertiary/aromatic N) is 1. The molecule has 0 atom stereocenters. The van der Waals surface area contributed by atoms with Crippen molar-refractivity contribution in [2.24, 2.45) is 5.92 Å². The van der Waals surface area contributed by atoms with Crippen molar-refractivity contribution in [3.63, 3.8) is 0 Å². The van der Waals surface area contributed by atoms with Crippen LogP contribution in [0.15, 0.2) is 23.1 Å². The average molecular weight is 360 g/mol. The molecule has 1 aromatic rings. The molecule has 0 radical (unpaired) electrons. The maximum atomic E-state index is 13.7. The number of sulfonamides is 1. The van der Waals surface area contributed by atoms with Gasteiger partial charge < -0.3 is 14.4 Å². The molecule has 24 heavy (non-hydrogen) atoms. The molecule has 0 amide bonds. The van der Waals surface area contributed by atoms with Gasteiger partial charge in [-0.05, 0) is 50.0 Å². The van der Waals surface area contributed by atoms with Crippen molar-refractivity contribution < 1.29 is 22.3 Å². The Morgan fingerprint density at radius 3 is 2.58 bits per heavy atom. The van der Waals surface area contributed by atoms with Crippen molar-refractivity contribution in [1.82, 2.24) is 9.62 Å². The lowest BCUT2D eigenvalue weighted by atomic mass is 9.97. The highest BCUT2D eigenvalue weighted by Crippen LogP contribution is 2.21. The molecule has 1 heterocycles. The van der Waals surface area contributed by atoms with Gasteiger partial charge in [-0.3, -0.25) is 0 Å². The minimum atomic E-state index is -3.71. The van der Waals surface area contributed by atoms with Crippen LogP contribution in [0.2, 0.25) is 0 Å². The Balaban J connectivity index is 1.86. The van der Waals surface area contributed by atoms with E-state index < -0.39 is 15.8 Å². The Hall–Kier alpha value is -1.22. The molecule has 0 unspecified atom stereocenters. The molecular formula is C16H25FN2O4S. The van der Waals surface area contributed by atoms with Crippen molar-refractivity contribution in [2.45, 2.75) is 17.7 Å². The standard InChI is InChI=1S/C16H25FN2O4S/c1-22-10-9-19-7-5-13(6-8-19)12-18-24(20,21)14-3-4-16(23-2)15(17)11-14/h3-4,11,13,18H,5-10,12H2,1-2H3. The maximum Gasteiger partial charge on any atom is 0.240 e. The molecule has 2 rings (SSSR count). The first-order valence-electron chi connectivity index (χ1n) is 8.00. The molecule has 0 bridgehead atoms. The topological polar surface area (TPSA) is 67.9 Å². The molecule has 1 aliphatic heterocycles. The highest BCUT2D eigenvalue weighted by atomic mass is 32.2. The van der Waals surface area contributed by atoms with E-state index in [9.17, 15) is 12.8 Å². The predicted octanol–water partition coefficient (Wildman–Crippen LogP) is 1.47. The number of piperidine rings is 1. The molecule has 1 N–H and O–H groups in total. The Kier molecular flexibility index (Phi) is 6.97. The van der Waals surface area contributed by atoms with Crippen LogP contribution in [-0.4, -0.2) is 60.3 Å². The molecule has 0 spiro atoms. The molecule has 1 aliphatic rings. The first-order valence-corrected chi connectivity index (χ1v) is 9.49. The average Bonchev–Trinajstić information content (AvgIpc) is 2.59. The molecule has 1 fully saturated rings. The Bertz CT molecular complexity index is 631. The van der Waals surface area contributed by atoms with Gasteiger partial charge in [0, 0.05) is 20.2 Å². The van der Waals surface area contributed by atoms with Gasteiger partial charge in [-0.15, -0.1) is 0 Å². The van der Waals surface area contributed by atoms with Gasteiger partial charge in [0.05, 0.1) is 18.6 Å². The fourth-order valence-electron chi connectivity index (χ4n) is 2.76. The van der Waals surface area contributed by atoms with E-state index in [4.69, 9.17) is 9.47 Å². The molecule has 0 saturated carbocycles. The van der Waals surface area contributed by atoms with Crippen molar-refractivity contribution in [3.05, 3.63) is 24.0 Å². The van der Waals surface area contributed by atoms with Crippen LogP contribution in [-0.2, 0) is 14.8 Å². The van der Waals surface area contributed by atoms with Gasteiger partial charge in [0.2, 0.25) is 10.0 Å². The quantitative estimate of drug-likeness (QED) is 0.760. The van der Waals surface area contributed by atoms with E-state index in [0.717, 1.165) is 38.5 Å². The fraction of sp³-hybridized carbons (Fsp3) is 0.625. The number of hydrogen-bond donors (Lipinski definition) is 1. The summed E-state index contributed by atoms with van der Waals surface area (Å²) >= 11 is 0. The summed E-state index contributed by atoms with van der Waals surface area (Å²) in [6.07, 6.45) is 1.87. The zero-order valence-electron chi connectivity index (χ0n) is 14.1. The minimum absolute atomic E-state index is 0.0254. The summed E-state index contributed by atoms with van der Waals surface area (Å²) < 4.78 is 50.7. The number of benzene rings is 1. The molecule has 6 nitrogen and oxygen atoms in total. The molecule has 0 aromatic heterocycles. The third-order valence-corrected chi connectivity index (χ3v) is 5.74. The van der Waals surface area contributed by atoms with E-state index in [2.05, 4.69) is 9.62 Å². The molecule has 0 aliphatic carbocycles. The molecule has 8 heteroatoms. The van der Waals surface area contributed by atoms with E-state index >= 15 is 0 Å². The highest BCUT2D eigenvalue weighted by molar-refractivity contribution is 7.89. The Morgan fingerprint density at radius 1 is 1.29 bits per heavy atom. The van der Waals surface area contributed by atoms with Gasteiger partial charge in [0.1, 0.15) is 0 Å². The zero-order chi connectivity index (χ0) is 17.6. The third kappa shape index (κ3) is 5.14. The van der Waals surface area contributed by atoms with Gasteiger partial charge >= 0.3 is 0 Å². The SMILES string of the molecule is COCCN1CCC(CNS(=O)(=O)c2ccc(OC)c(F)c2)CC1. The van der Waals surface area contributed by atoms with E-state index in [0.29, 0.717) is 19.1 Å². The molecule has 1 saturated heterocycles. The van der Waals surface area contributed by atoms with Gasteiger partial charge in [-0.1, -0.05) is 0 Å². The van der Waals surface area contributed by atoms with Gasteiger partial charge in [-0.2, -0.15) is 0 Å². The van der Waals surface area contributed by atoms with Crippen LogP contribution in [0.4, 0.5) is 4.39 Å². The Morgan fingerprint density at radius 2 is 2.00 bits per heavy atom. The van der Waals surface area contributed by atoms with Gasteiger partial charge in [0.25, 0.3) is 0 Å². The Labute approximate surface area is 143 Å². The van der Waals surface area contributed by atoms with Crippen molar-refractivity contribution >= 4 is 10.0 Å². The monoisotopic (exact) mass is 360 g/mol. The smallest absolute Gasteiger partial charge is 0.240 e. The van der Waals surface area contributed by atoms with E-state index in [-0.39, 0.29) is 10.6 Å². The second-order valence-corrected chi connectivity index (χ2v) is 7.69. The summed E-state index contributed by atoms with van der Waals surface area (Å²) in [5, 5.41) is 0. The van der Waals surface area contributed by atoms with Crippen LogP contribution in [0, 0.1) is 11.7 Å². The number of rotatable bonds is 8. The lowest BCUT2D eigenvalue weighted by Crippen LogP contribution is -2.39. The van der Waals surface area contributed by atoms with Crippen molar-refractivity contribution in [3.8, 4) is 5.75 Å². The number of halogens is 1. The predicted molar refractivity (Wildman–Crippen MR) is 89.2 cm³/mol. The first-order chi connectivity index (χ1) is 11.5. The fourth-order valence-corrected chi connectivity index (χ4v) is 3.89. The van der Waals surface area contributed by atoms with Crippen LogP contribution >= 0.6 is 0 Å². The molecular weight excluding hydrogens is 335 g/mol. The summed E-state index contributed by atoms with van der Waals surface area (Å²) in [6.45, 7) is 3.86. The summed E-state index contributed by atoms with van der Waals surface area (Å²) in [5.41, 5.74) is 0. The number of methoxy groups -OCH3 is 2. The summed E-state index contributed by atoms with van der Waals surface area (Å²) in [5.74, 6) is -0.370. The van der Waals surface area contributed by atoms with Crippen LogP contribution in [0.3, 0.4) is 0 Å². The number of likely N-dealkylation sites (tertiary alicyclic amines) is 1. The molecule has 1 aromatic carbocycles. The van der Waals surface area contributed by atoms with Crippen LogP contribution < -0.4 is 9.46 Å². The second-order valence-electron chi connectivity index (χ2n) is 5.93. The maximum absolute atomic E-state index is 13.7. The van der Waals surface area contributed by atoms with E-state index in [1.165, 1.54) is 19.2 Å². The van der Waals surface area contributed by atoms with Crippen LogP contribution in [0.25, 0.3) is 0 Å². The summed E-state index contributed by atoms with van der Waals surface area (Å²) in [4.78, 5) is 2.23. The van der Waals surface area contributed by atoms with Crippen molar-refractivity contribution in [2.75, 3.05) is 47.0 Å².